The summed E-state index contributed by atoms with van der Waals surface area (Å²) in [5, 5.41) is 11.3. The zero-order valence-electron chi connectivity index (χ0n) is 10.7. The van der Waals surface area contributed by atoms with E-state index in [0.717, 1.165) is 25.9 Å². The molecule has 18 heavy (non-hydrogen) atoms. The predicted octanol–water partition coefficient (Wildman–Crippen LogP) is 3.64. The summed E-state index contributed by atoms with van der Waals surface area (Å²) in [7, 11) is 0. The molecule has 0 saturated carbocycles. The maximum absolute atomic E-state index is 8.31. The highest BCUT2D eigenvalue weighted by atomic mass is 16.5. The Labute approximate surface area is 109 Å². The summed E-state index contributed by atoms with van der Waals surface area (Å²) < 4.78 is 5.63. The zero-order valence-corrected chi connectivity index (χ0v) is 10.7. The third kappa shape index (κ3) is 6.21. The average molecular weight is 247 g/mol. The van der Waals surface area contributed by atoms with Crippen molar-refractivity contribution in [2.24, 2.45) is 11.1 Å². The van der Waals surface area contributed by atoms with E-state index in [1.54, 1.807) is 0 Å². The Morgan fingerprint density at radius 3 is 2.72 bits per heavy atom. The van der Waals surface area contributed by atoms with Crippen LogP contribution < -0.4 is 0 Å². The number of allylic oxidation sites excluding steroid dienone is 1. The maximum Gasteiger partial charge on any atom is 0.0716 e. The highest BCUT2D eigenvalue weighted by Crippen LogP contribution is 2.12. The molecule has 0 heterocycles. The molecule has 3 nitrogen and oxygen atoms in total. The van der Waals surface area contributed by atoms with Crippen LogP contribution >= 0.6 is 0 Å². The lowest BCUT2D eigenvalue weighted by atomic mass is 10.0. The molecular weight excluding hydrogens is 226 g/mol. The van der Waals surface area contributed by atoms with Crippen LogP contribution in [-0.2, 0) is 11.3 Å². The van der Waals surface area contributed by atoms with Gasteiger partial charge in [-0.25, -0.2) is 0 Å². The molecule has 1 aromatic rings. The second-order valence-corrected chi connectivity index (χ2v) is 4.20. The van der Waals surface area contributed by atoms with E-state index in [-0.39, 0.29) is 0 Å². The van der Waals surface area contributed by atoms with Gasteiger partial charge in [-0.05, 0) is 30.7 Å². The molecule has 0 aliphatic heterocycles. The fourth-order valence-corrected chi connectivity index (χ4v) is 1.73. The molecule has 0 aromatic heterocycles. The fraction of sp³-hybridized carbons (Fsp3) is 0.400. The largest absolute Gasteiger partial charge is 0.411 e. The molecule has 0 radical (unpaired) electrons. The highest BCUT2D eigenvalue weighted by Gasteiger charge is 2.03. The molecule has 1 rings (SSSR count). The van der Waals surface area contributed by atoms with Gasteiger partial charge < -0.3 is 9.94 Å². The van der Waals surface area contributed by atoms with E-state index >= 15 is 0 Å². The Morgan fingerprint density at radius 2 is 2.06 bits per heavy atom. The minimum atomic E-state index is 0.416. The first-order valence-corrected chi connectivity index (χ1v) is 6.27. The van der Waals surface area contributed by atoms with Crippen LogP contribution in [0.4, 0.5) is 0 Å². The Morgan fingerprint density at radius 1 is 1.28 bits per heavy atom. The van der Waals surface area contributed by atoms with Gasteiger partial charge in [0.15, 0.2) is 0 Å². The second-order valence-electron chi connectivity index (χ2n) is 4.20. The lowest BCUT2D eigenvalue weighted by Crippen LogP contribution is -2.03. The zero-order chi connectivity index (χ0) is 13.1. The van der Waals surface area contributed by atoms with Crippen LogP contribution in [0.5, 0.6) is 0 Å². The minimum absolute atomic E-state index is 0.416. The van der Waals surface area contributed by atoms with Gasteiger partial charge in [0.05, 0.1) is 6.61 Å². The molecule has 0 fully saturated rings. The topological polar surface area (TPSA) is 41.8 Å². The Bertz CT molecular complexity index is 349. The van der Waals surface area contributed by atoms with Crippen LogP contribution in [-0.4, -0.2) is 18.0 Å². The summed E-state index contributed by atoms with van der Waals surface area (Å²) in [4.78, 5) is 0. The standard InChI is InChI=1S/C15H21NO2/c1-2-14(9-6-11-16-17)10-12-18-13-15-7-4-3-5-8-15/h2-5,7-8,11,14,17H,1,6,9-10,12-13H2. The van der Waals surface area contributed by atoms with Crippen molar-refractivity contribution in [3.05, 3.63) is 48.6 Å². The van der Waals surface area contributed by atoms with Gasteiger partial charge in [0.2, 0.25) is 0 Å². The molecule has 1 aromatic carbocycles. The quantitative estimate of drug-likeness (QED) is 0.238. The second kappa shape index (κ2) is 9.42. The van der Waals surface area contributed by atoms with E-state index in [1.165, 1.54) is 11.8 Å². The van der Waals surface area contributed by atoms with Gasteiger partial charge in [-0.2, -0.15) is 0 Å². The summed E-state index contributed by atoms with van der Waals surface area (Å²) in [6.45, 7) is 5.19. The molecule has 1 unspecified atom stereocenters. The van der Waals surface area contributed by atoms with Gasteiger partial charge >= 0.3 is 0 Å². The van der Waals surface area contributed by atoms with Crippen molar-refractivity contribution < 1.29 is 9.94 Å². The number of hydrogen-bond donors (Lipinski definition) is 1. The van der Waals surface area contributed by atoms with Crippen molar-refractivity contribution in [2.75, 3.05) is 6.61 Å². The lowest BCUT2D eigenvalue weighted by molar-refractivity contribution is 0.111. The van der Waals surface area contributed by atoms with Gasteiger partial charge in [-0.1, -0.05) is 36.4 Å². The molecule has 1 N–H and O–H groups in total. The van der Waals surface area contributed by atoms with Gasteiger partial charge in [0.1, 0.15) is 0 Å². The fourth-order valence-electron chi connectivity index (χ4n) is 1.73. The normalized spacial score (nSPS) is 12.7. The van der Waals surface area contributed by atoms with E-state index in [1.807, 2.05) is 24.3 Å². The molecule has 0 saturated heterocycles. The number of benzene rings is 1. The molecular formula is C15H21NO2. The van der Waals surface area contributed by atoms with Crippen LogP contribution in [0.15, 0.2) is 48.1 Å². The van der Waals surface area contributed by atoms with Gasteiger partial charge in [0.25, 0.3) is 0 Å². The van der Waals surface area contributed by atoms with Crippen LogP contribution in [0.2, 0.25) is 0 Å². The number of rotatable bonds is 9. The van der Waals surface area contributed by atoms with Crippen molar-refractivity contribution in [1.29, 1.82) is 0 Å². The van der Waals surface area contributed by atoms with Gasteiger partial charge in [-0.3, -0.25) is 0 Å². The van der Waals surface area contributed by atoms with Crippen molar-refractivity contribution >= 4 is 6.21 Å². The molecule has 0 amide bonds. The molecule has 1 atom stereocenters. The summed E-state index contributed by atoms with van der Waals surface area (Å²) in [5.41, 5.74) is 1.19. The van der Waals surface area contributed by atoms with E-state index in [4.69, 9.17) is 9.94 Å². The molecule has 98 valence electrons. The molecule has 0 aliphatic rings. The summed E-state index contributed by atoms with van der Waals surface area (Å²) in [6, 6.07) is 10.1. The minimum Gasteiger partial charge on any atom is -0.411 e. The van der Waals surface area contributed by atoms with E-state index in [0.29, 0.717) is 12.5 Å². The SMILES string of the molecule is C=CC(CCC=NO)CCOCc1ccccc1. The van der Waals surface area contributed by atoms with E-state index in [9.17, 15) is 0 Å². The monoisotopic (exact) mass is 247 g/mol. The van der Waals surface area contributed by atoms with Gasteiger partial charge in [0, 0.05) is 12.8 Å². The molecule has 0 aliphatic carbocycles. The van der Waals surface area contributed by atoms with Crippen LogP contribution in [0.3, 0.4) is 0 Å². The van der Waals surface area contributed by atoms with Crippen molar-refractivity contribution in [3.63, 3.8) is 0 Å². The maximum atomic E-state index is 8.31. The number of nitrogens with zero attached hydrogens (tertiary/aromatic N) is 1. The Balaban J connectivity index is 2.13. The average Bonchev–Trinajstić information content (AvgIpc) is 2.43. The van der Waals surface area contributed by atoms with E-state index in [2.05, 4.69) is 23.9 Å². The molecule has 0 bridgehead atoms. The van der Waals surface area contributed by atoms with Crippen molar-refractivity contribution in [1.82, 2.24) is 0 Å². The van der Waals surface area contributed by atoms with E-state index < -0.39 is 0 Å². The van der Waals surface area contributed by atoms with Crippen molar-refractivity contribution in [2.45, 2.75) is 25.9 Å². The first-order chi connectivity index (χ1) is 8.86. The Hall–Kier alpha value is -1.61. The first-order valence-electron chi connectivity index (χ1n) is 6.27. The van der Waals surface area contributed by atoms with Gasteiger partial charge in [-0.15, -0.1) is 11.7 Å². The van der Waals surface area contributed by atoms with Crippen LogP contribution in [0.25, 0.3) is 0 Å². The first kappa shape index (κ1) is 14.5. The lowest BCUT2D eigenvalue weighted by Gasteiger charge is -2.11. The summed E-state index contributed by atoms with van der Waals surface area (Å²) in [5.74, 6) is 0.416. The predicted molar refractivity (Wildman–Crippen MR) is 73.9 cm³/mol. The number of hydrogen-bond acceptors (Lipinski definition) is 3. The number of ether oxygens (including phenoxy) is 1. The van der Waals surface area contributed by atoms with Crippen LogP contribution in [0.1, 0.15) is 24.8 Å². The smallest absolute Gasteiger partial charge is 0.0716 e. The third-order valence-corrected chi connectivity index (χ3v) is 2.83. The summed E-state index contributed by atoms with van der Waals surface area (Å²) in [6.07, 6.45) is 6.13. The molecule has 3 heteroatoms. The Kier molecular flexibility index (Phi) is 7.57. The highest BCUT2D eigenvalue weighted by molar-refractivity contribution is 5.55. The van der Waals surface area contributed by atoms with Crippen molar-refractivity contribution in [3.8, 4) is 0 Å². The molecule has 0 spiro atoms. The summed E-state index contributed by atoms with van der Waals surface area (Å²) >= 11 is 0. The van der Waals surface area contributed by atoms with Crippen LogP contribution in [0, 0.1) is 5.92 Å². The number of oxime groups is 1. The third-order valence-electron chi connectivity index (χ3n) is 2.83.